The van der Waals surface area contributed by atoms with Crippen molar-refractivity contribution in [3.63, 3.8) is 0 Å². The third-order valence-electron chi connectivity index (χ3n) is 3.47. The predicted molar refractivity (Wildman–Crippen MR) is 69.2 cm³/mol. The Hall–Kier alpha value is -0.580. The summed E-state index contributed by atoms with van der Waals surface area (Å²) in [6.07, 6.45) is 1.73. The van der Waals surface area contributed by atoms with E-state index in [9.17, 15) is 5.11 Å². The lowest BCUT2D eigenvalue weighted by Crippen LogP contribution is -2.21. The zero-order valence-corrected chi connectivity index (χ0v) is 11.2. The maximum Gasteiger partial charge on any atom is 0.127 e. The number of aliphatic hydroxyl groups excluding tert-OH is 1. The fraction of sp³-hybridized carbons (Fsp3) is 0.538. The summed E-state index contributed by atoms with van der Waals surface area (Å²) < 4.78 is 6.83. The van der Waals surface area contributed by atoms with Gasteiger partial charge >= 0.3 is 0 Å². The molecule has 0 saturated carbocycles. The van der Waals surface area contributed by atoms with E-state index in [1.54, 1.807) is 0 Å². The number of aliphatic hydroxyl groups is 1. The van der Waals surface area contributed by atoms with Crippen molar-refractivity contribution in [1.29, 1.82) is 0 Å². The van der Waals surface area contributed by atoms with Gasteiger partial charge in [-0.2, -0.15) is 0 Å². The third kappa shape index (κ3) is 2.34. The number of nitrogens with zero attached hydrogens (tertiary/aromatic N) is 1. The molecule has 0 spiro atoms. The summed E-state index contributed by atoms with van der Waals surface area (Å²) >= 11 is 3.55. The second-order valence-electron chi connectivity index (χ2n) is 4.83. The second kappa shape index (κ2) is 4.59. The zero-order valence-electron chi connectivity index (χ0n) is 9.66. The van der Waals surface area contributed by atoms with Gasteiger partial charge in [0.15, 0.2) is 0 Å². The van der Waals surface area contributed by atoms with Crippen LogP contribution in [0.4, 0.5) is 0 Å². The number of β-amino-alcohol motifs (C(OH)–C–C–N with tert-alkyl or cyclic N) is 1. The first kappa shape index (κ1) is 11.5. The molecule has 0 radical (unpaired) electrons. The summed E-state index contributed by atoms with van der Waals surface area (Å²) in [6, 6.07) is 4.28. The third-order valence-corrected chi connectivity index (χ3v) is 3.92. The van der Waals surface area contributed by atoms with Crippen LogP contribution in [0.1, 0.15) is 17.5 Å². The van der Waals surface area contributed by atoms with Gasteiger partial charge in [0.25, 0.3) is 0 Å². The Kier molecular flexibility index (Phi) is 3.11. The van der Waals surface area contributed by atoms with Crippen LogP contribution < -0.4 is 4.74 Å². The first-order chi connectivity index (χ1) is 8.22. The largest absolute Gasteiger partial charge is 0.493 e. The molecule has 1 aromatic carbocycles. The smallest absolute Gasteiger partial charge is 0.127 e. The highest BCUT2D eigenvalue weighted by molar-refractivity contribution is 9.10. The molecule has 0 amide bonds. The minimum atomic E-state index is -0.156. The van der Waals surface area contributed by atoms with Gasteiger partial charge in [0.2, 0.25) is 0 Å². The molecule has 0 unspecified atom stereocenters. The number of hydrogen-bond donors (Lipinski definition) is 1. The van der Waals surface area contributed by atoms with E-state index >= 15 is 0 Å². The lowest BCUT2D eigenvalue weighted by molar-refractivity contribution is 0.174. The number of hydrogen-bond acceptors (Lipinski definition) is 3. The molecule has 4 heteroatoms. The number of rotatable bonds is 2. The Morgan fingerprint density at radius 3 is 3.12 bits per heavy atom. The molecule has 1 aromatic rings. The van der Waals surface area contributed by atoms with Crippen LogP contribution in [0.5, 0.6) is 5.75 Å². The van der Waals surface area contributed by atoms with E-state index in [-0.39, 0.29) is 6.10 Å². The average Bonchev–Trinajstić information content (AvgIpc) is 2.87. The fourth-order valence-electron chi connectivity index (χ4n) is 2.66. The van der Waals surface area contributed by atoms with Crippen molar-refractivity contribution in [3.8, 4) is 5.75 Å². The van der Waals surface area contributed by atoms with Gasteiger partial charge in [0, 0.05) is 36.1 Å². The Morgan fingerprint density at radius 1 is 1.47 bits per heavy atom. The standard InChI is InChI=1S/C13H16BrNO2/c14-11-5-9-2-4-17-13(9)10(6-11)7-15-3-1-12(16)8-15/h5-6,12,16H,1-4,7-8H2/t12-/m0/s1. The molecule has 1 fully saturated rings. The molecule has 2 aliphatic heterocycles. The molecule has 0 aliphatic carbocycles. The minimum absolute atomic E-state index is 0.156. The molecule has 3 rings (SSSR count). The van der Waals surface area contributed by atoms with Crippen LogP contribution in [-0.4, -0.2) is 35.8 Å². The summed E-state index contributed by atoms with van der Waals surface area (Å²) in [5.41, 5.74) is 2.54. The van der Waals surface area contributed by atoms with Gasteiger partial charge in [0.05, 0.1) is 12.7 Å². The maximum absolute atomic E-state index is 9.54. The molecule has 0 bridgehead atoms. The van der Waals surface area contributed by atoms with Crippen molar-refractivity contribution >= 4 is 15.9 Å². The molecular formula is C13H16BrNO2. The van der Waals surface area contributed by atoms with Crippen LogP contribution in [0.15, 0.2) is 16.6 Å². The topological polar surface area (TPSA) is 32.7 Å². The summed E-state index contributed by atoms with van der Waals surface area (Å²) in [5.74, 6) is 1.06. The number of benzene rings is 1. The SMILES string of the molecule is O[C@H]1CCN(Cc2cc(Br)cc3c2OCC3)C1. The number of ether oxygens (including phenoxy) is 1. The van der Waals surface area contributed by atoms with Gasteiger partial charge in [0.1, 0.15) is 5.75 Å². The van der Waals surface area contributed by atoms with E-state index in [1.807, 2.05) is 0 Å². The summed E-state index contributed by atoms with van der Waals surface area (Å²) in [7, 11) is 0. The van der Waals surface area contributed by atoms with E-state index < -0.39 is 0 Å². The van der Waals surface area contributed by atoms with Crippen LogP contribution >= 0.6 is 15.9 Å². The molecule has 1 saturated heterocycles. The van der Waals surface area contributed by atoms with E-state index in [2.05, 4.69) is 33.0 Å². The zero-order chi connectivity index (χ0) is 11.8. The molecule has 92 valence electrons. The van der Waals surface area contributed by atoms with Crippen molar-refractivity contribution < 1.29 is 9.84 Å². The number of halogens is 1. The Labute approximate surface area is 110 Å². The van der Waals surface area contributed by atoms with Crippen molar-refractivity contribution in [2.24, 2.45) is 0 Å². The number of fused-ring (bicyclic) bond motifs is 1. The molecule has 3 nitrogen and oxygen atoms in total. The maximum atomic E-state index is 9.54. The van der Waals surface area contributed by atoms with Crippen molar-refractivity contribution in [2.45, 2.75) is 25.5 Å². The van der Waals surface area contributed by atoms with Crippen LogP contribution in [-0.2, 0) is 13.0 Å². The van der Waals surface area contributed by atoms with Gasteiger partial charge in [-0.15, -0.1) is 0 Å². The average molecular weight is 298 g/mol. The quantitative estimate of drug-likeness (QED) is 0.906. The number of likely N-dealkylation sites (tertiary alicyclic amines) is 1. The second-order valence-corrected chi connectivity index (χ2v) is 5.74. The van der Waals surface area contributed by atoms with Crippen LogP contribution in [0.25, 0.3) is 0 Å². The highest BCUT2D eigenvalue weighted by Crippen LogP contribution is 2.34. The lowest BCUT2D eigenvalue weighted by atomic mass is 10.1. The molecule has 1 N–H and O–H groups in total. The van der Waals surface area contributed by atoms with Crippen LogP contribution in [0, 0.1) is 0 Å². The molecular weight excluding hydrogens is 282 g/mol. The Bertz CT molecular complexity index is 436. The van der Waals surface area contributed by atoms with E-state index in [0.717, 1.165) is 49.3 Å². The molecule has 1 atom stereocenters. The molecule has 2 heterocycles. The molecule has 2 aliphatic rings. The summed E-state index contributed by atoms with van der Waals surface area (Å²) in [5, 5.41) is 9.54. The minimum Gasteiger partial charge on any atom is -0.493 e. The lowest BCUT2D eigenvalue weighted by Gasteiger charge is -2.17. The van der Waals surface area contributed by atoms with Crippen molar-refractivity contribution in [1.82, 2.24) is 4.90 Å². The highest BCUT2D eigenvalue weighted by atomic mass is 79.9. The predicted octanol–water partition coefficient (Wildman–Crippen LogP) is 1.95. The van der Waals surface area contributed by atoms with Crippen molar-refractivity contribution in [3.05, 3.63) is 27.7 Å². The monoisotopic (exact) mass is 297 g/mol. The normalized spacial score (nSPS) is 23.8. The first-order valence-corrected chi connectivity index (χ1v) is 6.86. The first-order valence-electron chi connectivity index (χ1n) is 6.07. The fourth-order valence-corrected chi connectivity index (χ4v) is 3.21. The van der Waals surface area contributed by atoms with Gasteiger partial charge in [-0.05, 0) is 24.1 Å². The van der Waals surface area contributed by atoms with Crippen LogP contribution in [0.3, 0.4) is 0 Å². The molecule has 0 aromatic heterocycles. The highest BCUT2D eigenvalue weighted by Gasteiger charge is 2.23. The van der Waals surface area contributed by atoms with E-state index in [1.165, 1.54) is 11.1 Å². The van der Waals surface area contributed by atoms with Crippen molar-refractivity contribution in [2.75, 3.05) is 19.7 Å². The summed E-state index contributed by atoms with van der Waals surface area (Å²) in [6.45, 7) is 3.42. The van der Waals surface area contributed by atoms with E-state index in [0.29, 0.717) is 0 Å². The molecule has 17 heavy (non-hydrogen) atoms. The van der Waals surface area contributed by atoms with Gasteiger partial charge in [-0.3, -0.25) is 4.90 Å². The van der Waals surface area contributed by atoms with Gasteiger partial charge in [-0.1, -0.05) is 15.9 Å². The van der Waals surface area contributed by atoms with Gasteiger partial charge < -0.3 is 9.84 Å². The Balaban J connectivity index is 1.83. The van der Waals surface area contributed by atoms with Crippen LogP contribution in [0.2, 0.25) is 0 Å². The van der Waals surface area contributed by atoms with E-state index in [4.69, 9.17) is 4.74 Å². The Morgan fingerprint density at radius 2 is 2.35 bits per heavy atom. The van der Waals surface area contributed by atoms with Gasteiger partial charge in [-0.25, -0.2) is 0 Å². The summed E-state index contributed by atoms with van der Waals surface area (Å²) in [4.78, 5) is 2.29.